The summed E-state index contributed by atoms with van der Waals surface area (Å²) in [6.45, 7) is 0. The predicted octanol–water partition coefficient (Wildman–Crippen LogP) is -2.87. The van der Waals surface area contributed by atoms with Gasteiger partial charge in [0, 0.05) is 0 Å². The average molecular weight is 321 g/mol. The molecule has 0 fully saturated rings. The molecule has 0 spiro atoms. The normalized spacial score (nSPS) is 1.00. The third-order valence-corrected chi connectivity index (χ3v) is 0. The molecule has 0 radical (unpaired) electrons. The third kappa shape index (κ3) is 10.5. The zero-order valence-electron chi connectivity index (χ0n) is 1.52. The van der Waals surface area contributed by atoms with E-state index in [9.17, 15) is 0 Å². The zero-order valence-corrected chi connectivity index (χ0v) is 8.73. The maximum atomic E-state index is 8.12. The summed E-state index contributed by atoms with van der Waals surface area (Å²) in [5, 5.41) is 0. The van der Waals surface area contributed by atoms with Crippen LogP contribution < -0.4 is 0 Å². The fraction of sp³-hybridized carbons (Fsp3) is 0. The van der Waals surface area contributed by atoms with E-state index in [-0.39, 0.29) is 34.6 Å². The molecule has 0 aliphatic carbocycles. The summed E-state index contributed by atoms with van der Waals surface area (Å²) in [7, 11) is 0. The van der Waals surface area contributed by atoms with Crippen molar-refractivity contribution in [2.45, 2.75) is 0 Å². The van der Waals surface area contributed by atoms with Crippen LogP contribution in [0.1, 0.15) is 0 Å². The molecule has 0 bridgehead atoms. The number of hydrogen-bond donors (Lipinski definition) is 0. The Morgan fingerprint density at radius 1 is 1.25 bits per heavy atom. The molecular formula is H6BBiOSe. The van der Waals surface area contributed by atoms with Gasteiger partial charge in [0.2, 0.25) is 0 Å². The van der Waals surface area contributed by atoms with Gasteiger partial charge in [-0.1, -0.05) is 0 Å². The van der Waals surface area contributed by atoms with Crippen molar-refractivity contribution in [2.24, 2.45) is 0 Å². The average Bonchev–Trinajstić information content (AvgIpc) is 1.00. The minimum atomic E-state index is 0. The molecule has 0 unspecified atom stereocenters. The van der Waals surface area contributed by atoms with Gasteiger partial charge in [-0.25, -0.2) is 0 Å². The molecule has 0 saturated carbocycles. The van der Waals surface area contributed by atoms with Crippen molar-refractivity contribution in [3.05, 3.63) is 0 Å². The van der Waals surface area contributed by atoms with Gasteiger partial charge >= 0.3 is 46.0 Å². The van der Waals surface area contributed by atoms with E-state index in [4.69, 9.17) is 3.83 Å². The maximum absolute atomic E-state index is 8.12. The SMILES string of the molecule is B.O=[Se].[BiH3]. The van der Waals surface area contributed by atoms with Crippen LogP contribution in [-0.2, 0) is 3.83 Å². The van der Waals surface area contributed by atoms with Gasteiger partial charge in [0.25, 0.3) is 0 Å². The van der Waals surface area contributed by atoms with Crippen LogP contribution in [0.15, 0.2) is 0 Å². The second kappa shape index (κ2) is 28.4. The fourth-order valence-corrected chi connectivity index (χ4v) is 0. The second-order valence-corrected chi connectivity index (χ2v) is 0. The predicted molar refractivity (Wildman–Crippen MR) is 26.3 cm³/mol. The number of rotatable bonds is 0. The van der Waals surface area contributed by atoms with Crippen molar-refractivity contribution >= 4 is 50.6 Å². The van der Waals surface area contributed by atoms with Crippen molar-refractivity contribution in [3.8, 4) is 0 Å². The van der Waals surface area contributed by atoms with E-state index in [0.29, 0.717) is 0 Å². The third-order valence-electron chi connectivity index (χ3n) is 0. The Morgan fingerprint density at radius 2 is 1.25 bits per heavy atom. The molecule has 0 rings (SSSR count). The van der Waals surface area contributed by atoms with E-state index in [1.807, 2.05) is 0 Å². The van der Waals surface area contributed by atoms with E-state index >= 15 is 0 Å². The molecule has 1 nitrogen and oxygen atoms in total. The van der Waals surface area contributed by atoms with Crippen molar-refractivity contribution in [1.29, 1.82) is 0 Å². The van der Waals surface area contributed by atoms with Crippen LogP contribution >= 0.6 is 0 Å². The van der Waals surface area contributed by atoms with E-state index in [0.717, 1.165) is 0 Å². The van der Waals surface area contributed by atoms with Crippen LogP contribution in [0.5, 0.6) is 0 Å². The van der Waals surface area contributed by atoms with E-state index in [2.05, 4.69) is 0 Å². The summed E-state index contributed by atoms with van der Waals surface area (Å²) in [6, 6.07) is 0. The van der Waals surface area contributed by atoms with Gasteiger partial charge in [-0.15, -0.1) is 0 Å². The zero-order chi connectivity index (χ0) is 2.00. The van der Waals surface area contributed by atoms with Crippen molar-refractivity contribution < 1.29 is 3.83 Å². The van der Waals surface area contributed by atoms with E-state index in [1.54, 1.807) is 0 Å². The Morgan fingerprint density at radius 3 is 1.25 bits per heavy atom. The topological polar surface area (TPSA) is 17.1 Å². The van der Waals surface area contributed by atoms with Crippen LogP contribution in [0.25, 0.3) is 0 Å². The first-order valence-corrected chi connectivity index (χ1v) is 0.866. The first-order chi connectivity index (χ1) is 1.00. The standard InChI is InChI=1S/BH3.Bi.OSe.3H/c;;1-2;;;/h1H3;;;;;. The van der Waals surface area contributed by atoms with Crippen LogP contribution in [0.3, 0.4) is 0 Å². The Balaban J connectivity index is -0.00000000500. The van der Waals surface area contributed by atoms with Crippen LogP contribution in [0, 0.1) is 0 Å². The molecule has 0 aromatic carbocycles. The van der Waals surface area contributed by atoms with Crippen molar-refractivity contribution in [3.63, 3.8) is 0 Å². The molecule has 0 aliphatic heterocycles. The molecular weight excluding hydrogens is 315 g/mol. The Labute approximate surface area is 54.2 Å². The summed E-state index contributed by atoms with van der Waals surface area (Å²) in [4.78, 5) is 0. The van der Waals surface area contributed by atoms with E-state index in [1.165, 1.54) is 15.9 Å². The molecule has 0 aromatic rings. The van der Waals surface area contributed by atoms with Gasteiger partial charge in [0.15, 0.2) is 0 Å². The van der Waals surface area contributed by atoms with Gasteiger partial charge in [-0.2, -0.15) is 0 Å². The Kier molecular flexibility index (Phi) is 132. The van der Waals surface area contributed by atoms with Crippen molar-refractivity contribution in [1.82, 2.24) is 0 Å². The second-order valence-electron chi connectivity index (χ2n) is 0. The Bertz CT molecular complexity index is 8.00. The Hall–Kier alpha value is 1.27. The quantitative estimate of drug-likeness (QED) is 0.439. The first-order valence-electron chi connectivity index (χ1n) is 0.167. The van der Waals surface area contributed by atoms with E-state index < -0.39 is 0 Å². The summed E-state index contributed by atoms with van der Waals surface area (Å²) in [5.74, 6) is 0. The van der Waals surface area contributed by atoms with Gasteiger partial charge in [-0.05, 0) is 0 Å². The molecule has 0 N–H and O–H groups in total. The van der Waals surface area contributed by atoms with Gasteiger partial charge in [-0.3, -0.25) is 0 Å². The summed E-state index contributed by atoms with van der Waals surface area (Å²) in [5.41, 5.74) is 0. The molecule has 4 heteroatoms. The van der Waals surface area contributed by atoms with Gasteiger partial charge < -0.3 is 0 Å². The van der Waals surface area contributed by atoms with Gasteiger partial charge in [0.1, 0.15) is 0 Å². The molecule has 0 atom stereocenters. The summed E-state index contributed by atoms with van der Waals surface area (Å²) < 4.78 is 8.12. The van der Waals surface area contributed by atoms with Crippen molar-refractivity contribution in [2.75, 3.05) is 0 Å². The van der Waals surface area contributed by atoms with Crippen LogP contribution in [-0.4, -0.2) is 50.6 Å². The van der Waals surface area contributed by atoms with Crippen LogP contribution in [0.4, 0.5) is 0 Å². The van der Waals surface area contributed by atoms with Crippen LogP contribution in [0.2, 0.25) is 0 Å². The fourth-order valence-electron chi connectivity index (χ4n) is 0. The molecule has 26 valence electrons. The summed E-state index contributed by atoms with van der Waals surface area (Å²) in [6.07, 6.45) is 0. The minimum absolute atomic E-state index is 0. The first kappa shape index (κ1) is 18.7. The molecule has 0 aliphatic rings. The molecule has 4 heavy (non-hydrogen) atoms. The molecule has 0 aromatic heterocycles. The van der Waals surface area contributed by atoms with Gasteiger partial charge in [0.05, 0.1) is 8.41 Å². The molecule has 0 amide bonds. The molecule has 0 saturated heterocycles. The number of hydrogen-bond acceptors (Lipinski definition) is 1. The summed E-state index contributed by atoms with van der Waals surface area (Å²) >= 11 is 1.38. The monoisotopic (exact) mass is 322 g/mol. The molecule has 0 heterocycles.